The number of thiazole rings is 1. The van der Waals surface area contributed by atoms with Gasteiger partial charge in [-0.05, 0) is 61.4 Å². The van der Waals surface area contributed by atoms with Gasteiger partial charge in [-0.3, -0.25) is 24.3 Å². The molecule has 4 aliphatic rings. The molecule has 3 fully saturated rings. The fourth-order valence-corrected chi connectivity index (χ4v) is 7.41. The van der Waals surface area contributed by atoms with E-state index < -0.39 is 29.2 Å². The van der Waals surface area contributed by atoms with E-state index in [2.05, 4.69) is 20.4 Å². The molecule has 1 aliphatic carbocycles. The van der Waals surface area contributed by atoms with E-state index >= 15 is 0 Å². The summed E-state index contributed by atoms with van der Waals surface area (Å²) >= 11 is 2.46. The molecule has 5 heterocycles. The van der Waals surface area contributed by atoms with Gasteiger partial charge in [0.2, 0.25) is 5.91 Å². The number of amides is 3. The van der Waals surface area contributed by atoms with Crippen molar-refractivity contribution < 1.29 is 29.1 Å². The van der Waals surface area contributed by atoms with Crippen molar-refractivity contribution in [1.82, 2.24) is 25.1 Å². The average Bonchev–Trinajstić information content (AvgIpc) is 3.75. The third kappa shape index (κ3) is 5.86. The van der Waals surface area contributed by atoms with Crippen molar-refractivity contribution in [2.45, 2.75) is 56.2 Å². The van der Waals surface area contributed by atoms with E-state index in [-0.39, 0.29) is 40.0 Å². The SMILES string of the molecule is Nc1nc(/C(=N/OC2CCCC2)C(=O)N[C@@H]2C(=O)N3C(C(=O)O)=C(C=C4CCN(Cc5ccncc5)C4=O)CS[C@H]23)cs1. The van der Waals surface area contributed by atoms with Crippen molar-refractivity contribution in [1.29, 1.82) is 0 Å². The summed E-state index contributed by atoms with van der Waals surface area (Å²) in [4.78, 5) is 68.7. The summed E-state index contributed by atoms with van der Waals surface area (Å²) in [5, 5.41) is 18.1. The Bertz CT molecular complexity index is 1550. The molecule has 2 atom stereocenters. The van der Waals surface area contributed by atoms with Gasteiger partial charge in [-0.15, -0.1) is 23.1 Å². The van der Waals surface area contributed by atoms with Crippen LogP contribution in [0.1, 0.15) is 43.4 Å². The molecule has 0 unspecified atom stereocenters. The minimum atomic E-state index is -1.28. The van der Waals surface area contributed by atoms with E-state index in [1.54, 1.807) is 28.7 Å². The number of oxime groups is 1. The highest BCUT2D eigenvalue weighted by Crippen LogP contribution is 2.41. The summed E-state index contributed by atoms with van der Waals surface area (Å²) in [5.41, 5.74) is 7.55. The van der Waals surface area contributed by atoms with E-state index in [9.17, 15) is 24.3 Å². The predicted molar refractivity (Wildman–Crippen MR) is 158 cm³/mol. The van der Waals surface area contributed by atoms with Crippen LogP contribution in [-0.4, -0.2) is 84.1 Å². The van der Waals surface area contributed by atoms with Crippen molar-refractivity contribution in [2.24, 2.45) is 5.16 Å². The molecule has 15 heteroatoms. The van der Waals surface area contributed by atoms with Crippen molar-refractivity contribution in [2.75, 3.05) is 18.0 Å². The van der Waals surface area contributed by atoms with Crippen LogP contribution in [0, 0.1) is 0 Å². The number of hydrogen-bond acceptors (Lipinski definition) is 11. The Hall–Kier alpha value is -4.24. The Morgan fingerprint density at radius 2 is 2.00 bits per heavy atom. The summed E-state index contributed by atoms with van der Waals surface area (Å²) < 4.78 is 0. The highest BCUT2D eigenvalue weighted by molar-refractivity contribution is 8.00. The van der Waals surface area contributed by atoms with Gasteiger partial charge in [0.25, 0.3) is 11.8 Å². The summed E-state index contributed by atoms with van der Waals surface area (Å²) in [6.45, 7) is 0.936. The first-order valence-electron chi connectivity index (χ1n) is 13.9. The number of nitrogen functional groups attached to an aromatic ring is 1. The second-order valence-corrected chi connectivity index (χ2v) is 12.6. The molecule has 0 aromatic carbocycles. The van der Waals surface area contributed by atoms with E-state index in [1.165, 1.54) is 16.7 Å². The highest BCUT2D eigenvalue weighted by atomic mass is 32.2. The Morgan fingerprint density at radius 1 is 1.23 bits per heavy atom. The van der Waals surface area contributed by atoms with E-state index in [4.69, 9.17) is 10.6 Å². The van der Waals surface area contributed by atoms with E-state index in [0.717, 1.165) is 42.6 Å². The van der Waals surface area contributed by atoms with Crippen LogP contribution in [0.15, 0.2) is 58.0 Å². The number of aromatic nitrogens is 2. The number of carbonyl (C=O) groups is 4. The van der Waals surface area contributed by atoms with E-state index in [0.29, 0.717) is 30.7 Å². The van der Waals surface area contributed by atoms with Crippen LogP contribution < -0.4 is 11.1 Å². The Morgan fingerprint density at radius 3 is 2.70 bits per heavy atom. The van der Waals surface area contributed by atoms with Crippen molar-refractivity contribution in [3.63, 3.8) is 0 Å². The standard InChI is InChI=1S/C28H29N7O6S2/c29-28-31-19(14-43-28)20(33-41-18-3-1-2-4-18)23(36)32-21-25(38)35-22(27(39)40)17(13-42-26(21)35)11-16-7-10-34(24(16)37)12-15-5-8-30-9-6-15/h5-6,8-9,11,14,18,21,26H,1-4,7,10,12-13H2,(H2,29,31)(H,32,36)(H,39,40)/b16-11?,33-20-/t21-,26-/m1/s1. The maximum atomic E-state index is 13.3. The minimum Gasteiger partial charge on any atom is -0.477 e. The fraction of sp³-hybridized carbons (Fsp3) is 0.393. The first-order chi connectivity index (χ1) is 20.8. The highest BCUT2D eigenvalue weighted by Gasteiger charge is 2.54. The smallest absolute Gasteiger partial charge is 0.352 e. The lowest BCUT2D eigenvalue weighted by Crippen LogP contribution is -2.71. The average molecular weight is 624 g/mol. The van der Waals surface area contributed by atoms with Crippen LogP contribution in [0.5, 0.6) is 0 Å². The number of carbonyl (C=O) groups excluding carboxylic acids is 3. The number of aliphatic carboxylic acids is 1. The van der Waals surface area contributed by atoms with Crippen LogP contribution in [0.3, 0.4) is 0 Å². The van der Waals surface area contributed by atoms with Gasteiger partial charge in [0.15, 0.2) is 10.8 Å². The number of β-lactam (4-membered cyclic amide) rings is 1. The number of likely N-dealkylation sites (tertiary alicyclic amines) is 1. The second-order valence-electron chi connectivity index (χ2n) is 10.6. The molecule has 224 valence electrons. The number of allylic oxidation sites excluding steroid dienone is 1. The lowest BCUT2D eigenvalue weighted by molar-refractivity contribution is -0.150. The Balaban J connectivity index is 1.17. The van der Waals surface area contributed by atoms with Crippen LogP contribution >= 0.6 is 23.1 Å². The first kappa shape index (κ1) is 28.9. The molecule has 13 nitrogen and oxygen atoms in total. The van der Waals surface area contributed by atoms with Gasteiger partial charge in [-0.1, -0.05) is 5.16 Å². The topological polar surface area (TPSA) is 180 Å². The van der Waals surface area contributed by atoms with Gasteiger partial charge in [-0.2, -0.15) is 0 Å². The number of hydrogen-bond donors (Lipinski definition) is 3. The van der Waals surface area contributed by atoms with Crippen molar-refractivity contribution in [3.05, 3.63) is 64.1 Å². The number of carboxylic acid groups (broad SMARTS) is 1. The van der Waals surface area contributed by atoms with Gasteiger partial charge in [0, 0.05) is 42.2 Å². The molecule has 0 bridgehead atoms. The molecule has 43 heavy (non-hydrogen) atoms. The summed E-state index contributed by atoms with van der Waals surface area (Å²) in [6.07, 6.45) is 9.01. The zero-order valence-electron chi connectivity index (χ0n) is 23.0. The molecule has 6 rings (SSSR count). The van der Waals surface area contributed by atoms with Gasteiger partial charge in [0.1, 0.15) is 28.9 Å². The third-order valence-corrected chi connectivity index (χ3v) is 9.72. The van der Waals surface area contributed by atoms with Gasteiger partial charge >= 0.3 is 5.97 Å². The molecule has 2 saturated heterocycles. The molecular weight excluding hydrogens is 594 g/mol. The summed E-state index contributed by atoms with van der Waals surface area (Å²) in [7, 11) is 0. The molecule has 2 aromatic rings. The summed E-state index contributed by atoms with van der Waals surface area (Å²) in [6, 6.07) is 2.71. The minimum absolute atomic E-state index is 0.0950. The number of nitrogens with zero attached hydrogens (tertiary/aromatic N) is 5. The van der Waals surface area contributed by atoms with Crippen LogP contribution in [0.4, 0.5) is 5.13 Å². The first-order valence-corrected chi connectivity index (χ1v) is 15.8. The molecule has 0 radical (unpaired) electrons. The number of nitrogens with one attached hydrogen (secondary N) is 1. The number of carboxylic acids is 1. The summed E-state index contributed by atoms with van der Waals surface area (Å²) in [5.74, 6) is -2.43. The largest absolute Gasteiger partial charge is 0.477 e. The Labute approximate surface area is 254 Å². The maximum absolute atomic E-state index is 13.3. The molecule has 1 saturated carbocycles. The number of anilines is 1. The molecule has 4 N–H and O–H groups in total. The zero-order valence-corrected chi connectivity index (χ0v) is 24.6. The van der Waals surface area contributed by atoms with E-state index in [1.807, 2.05) is 12.1 Å². The van der Waals surface area contributed by atoms with Crippen LogP contribution in [0.25, 0.3) is 0 Å². The maximum Gasteiger partial charge on any atom is 0.352 e. The quantitative estimate of drug-likeness (QED) is 0.162. The van der Waals surface area contributed by atoms with Crippen molar-refractivity contribution in [3.8, 4) is 0 Å². The number of thioether (sulfide) groups is 1. The number of nitrogens with two attached hydrogens (primary N) is 1. The molecule has 3 aliphatic heterocycles. The molecule has 3 amide bonds. The number of pyridine rings is 1. The molecule has 0 spiro atoms. The molecule has 2 aromatic heterocycles. The normalized spacial score (nSPS) is 23.5. The fourth-order valence-electron chi connectivity index (χ4n) is 5.56. The molecular formula is C28H29N7O6S2. The van der Waals surface area contributed by atoms with Crippen LogP contribution in [-0.2, 0) is 30.6 Å². The van der Waals surface area contributed by atoms with Crippen molar-refractivity contribution >= 4 is 57.6 Å². The number of fused-ring (bicyclic) bond motifs is 1. The lowest BCUT2D eigenvalue weighted by atomic mass is 10.0. The number of rotatable bonds is 9. The zero-order chi connectivity index (χ0) is 30.1. The predicted octanol–water partition coefficient (Wildman–Crippen LogP) is 1.88. The monoisotopic (exact) mass is 623 g/mol. The lowest BCUT2D eigenvalue weighted by Gasteiger charge is -2.49. The van der Waals surface area contributed by atoms with Crippen LogP contribution in [0.2, 0.25) is 0 Å². The van der Waals surface area contributed by atoms with Gasteiger partial charge in [-0.25, -0.2) is 9.78 Å². The second kappa shape index (κ2) is 12.2. The Kier molecular flexibility index (Phi) is 8.17. The third-order valence-electron chi connectivity index (χ3n) is 7.75. The van der Waals surface area contributed by atoms with Gasteiger partial charge in [0.05, 0.1) is 0 Å². The van der Waals surface area contributed by atoms with Gasteiger partial charge < -0.3 is 25.9 Å².